The Labute approximate surface area is 339 Å². The molecule has 2 aliphatic rings. The number of benzene rings is 6. The molecule has 8 rings (SSSR count). The summed E-state index contributed by atoms with van der Waals surface area (Å²) in [5.74, 6) is 0. The molecular weight excluding hydrogens is 711 g/mol. The van der Waals surface area contributed by atoms with E-state index in [0.717, 1.165) is 30.0 Å². The van der Waals surface area contributed by atoms with Crippen molar-refractivity contribution >= 4 is 41.5 Å². The highest BCUT2D eigenvalue weighted by atomic mass is 32.2. The lowest BCUT2D eigenvalue weighted by Gasteiger charge is -2.28. The highest BCUT2D eigenvalue weighted by molar-refractivity contribution is 8.00. The maximum Gasteiger partial charge on any atom is 0.0817 e. The van der Waals surface area contributed by atoms with Crippen LogP contribution in [0, 0.1) is 0 Å². The number of nitrogens with zero attached hydrogens (tertiary/aromatic N) is 5. The number of thiol groups is 1. The van der Waals surface area contributed by atoms with Gasteiger partial charge < -0.3 is 0 Å². The van der Waals surface area contributed by atoms with E-state index in [1.165, 1.54) is 33.0 Å². The molecule has 0 saturated heterocycles. The van der Waals surface area contributed by atoms with Gasteiger partial charge in [0.25, 0.3) is 0 Å². The van der Waals surface area contributed by atoms with Crippen molar-refractivity contribution in [3.63, 3.8) is 0 Å². The first-order valence-electron chi connectivity index (χ1n) is 17.4. The average molecular weight is 764 g/mol. The Morgan fingerprint density at radius 1 is 0.655 bits per heavy atom. The molecule has 0 N–H and O–H groups in total. The molecule has 0 bridgehead atoms. The van der Waals surface area contributed by atoms with E-state index in [1.807, 2.05) is 109 Å². The largest absolute Gasteiger partial charge is 0.281 e. The highest BCUT2D eigenvalue weighted by Gasteiger charge is 2.25. The molecule has 0 fully saturated rings. The van der Waals surface area contributed by atoms with E-state index in [-0.39, 0.29) is 19.6 Å². The van der Waals surface area contributed by atoms with Crippen molar-refractivity contribution in [3.05, 3.63) is 221 Å². The van der Waals surface area contributed by atoms with Gasteiger partial charge in [-0.05, 0) is 65.4 Å². The number of rotatable bonds is 8. The summed E-state index contributed by atoms with van der Waals surface area (Å²) in [7, 11) is 0. The monoisotopic (exact) mass is 763 g/mol. The van der Waals surface area contributed by atoms with Gasteiger partial charge in [0.05, 0.1) is 24.5 Å². The van der Waals surface area contributed by atoms with Gasteiger partial charge in [0, 0.05) is 25.1 Å². The lowest BCUT2D eigenvalue weighted by Crippen LogP contribution is -2.15. The molecule has 1 unspecified atom stereocenters. The maximum atomic E-state index is 8.10. The SMILES string of the molecule is C.C.C=C(N=[N+]=[N-])c1ccccc1.CCC(C)(Sc1ccccc1)c1ccccc1.Sc1ccccc1.c1ccc(C2=NC2)cc1.c1ccc(C2=NC2)cc1. The van der Waals surface area contributed by atoms with Gasteiger partial charge in [-0.15, -0.1) is 24.4 Å². The normalized spacial score (nSPS) is 12.1. The molecule has 0 spiro atoms. The fourth-order valence-electron chi connectivity index (χ4n) is 4.75. The Balaban J connectivity index is 0.000000243. The van der Waals surface area contributed by atoms with Crippen LogP contribution in [0.4, 0.5) is 0 Å². The number of azide groups is 1. The van der Waals surface area contributed by atoms with Crippen LogP contribution in [-0.4, -0.2) is 24.5 Å². The molecule has 55 heavy (non-hydrogen) atoms. The third-order valence-electron chi connectivity index (χ3n) is 8.02. The Morgan fingerprint density at radius 2 is 1.02 bits per heavy atom. The Kier molecular flexibility index (Phi) is 21.1. The second-order valence-electron chi connectivity index (χ2n) is 12.0. The van der Waals surface area contributed by atoms with Crippen LogP contribution >= 0.6 is 24.4 Å². The van der Waals surface area contributed by atoms with Gasteiger partial charge in [0.15, 0.2) is 0 Å². The topological polar surface area (TPSA) is 73.5 Å². The quantitative estimate of drug-likeness (QED) is 0.0541. The van der Waals surface area contributed by atoms with Crippen molar-refractivity contribution in [2.24, 2.45) is 15.1 Å². The first-order chi connectivity index (χ1) is 25.9. The van der Waals surface area contributed by atoms with Crippen molar-refractivity contribution in [3.8, 4) is 0 Å². The van der Waals surface area contributed by atoms with Gasteiger partial charge in [-0.2, -0.15) is 0 Å². The summed E-state index contributed by atoms with van der Waals surface area (Å²) in [6.07, 6.45) is 1.12. The first kappa shape index (κ1) is 45.6. The summed E-state index contributed by atoms with van der Waals surface area (Å²) in [6, 6.07) is 61.0. The van der Waals surface area contributed by atoms with Crippen LogP contribution in [0.2, 0.25) is 0 Å². The molecule has 5 nitrogen and oxygen atoms in total. The lowest BCUT2D eigenvalue weighted by atomic mass is 9.98. The van der Waals surface area contributed by atoms with E-state index < -0.39 is 0 Å². The van der Waals surface area contributed by atoms with Gasteiger partial charge in [0.1, 0.15) is 0 Å². The molecule has 1 atom stereocenters. The second-order valence-corrected chi connectivity index (χ2v) is 14.1. The van der Waals surface area contributed by atoms with Gasteiger partial charge in [0.2, 0.25) is 0 Å². The molecule has 0 aliphatic carbocycles. The van der Waals surface area contributed by atoms with Crippen LogP contribution in [0.15, 0.2) is 213 Å². The van der Waals surface area contributed by atoms with Crippen LogP contribution in [0.25, 0.3) is 16.1 Å². The zero-order chi connectivity index (χ0) is 37.6. The summed E-state index contributed by atoms with van der Waals surface area (Å²) in [5, 5.41) is 3.38. The minimum atomic E-state index is 0. The second kappa shape index (κ2) is 25.4. The van der Waals surface area contributed by atoms with Crippen molar-refractivity contribution in [1.82, 2.24) is 0 Å². The van der Waals surface area contributed by atoms with E-state index in [0.29, 0.717) is 5.70 Å². The zero-order valence-electron chi connectivity index (χ0n) is 30.2. The summed E-state index contributed by atoms with van der Waals surface area (Å²) in [5.41, 5.74) is 15.8. The first-order valence-corrected chi connectivity index (χ1v) is 18.7. The van der Waals surface area contributed by atoms with Gasteiger partial charge in [-0.1, -0.05) is 191 Å². The molecule has 0 amide bonds. The highest BCUT2D eigenvalue weighted by Crippen LogP contribution is 2.43. The third-order valence-corrected chi connectivity index (χ3v) is 9.80. The fourth-order valence-corrected chi connectivity index (χ4v) is 6.13. The Bertz CT molecular complexity index is 2000. The fraction of sp³-hybridized carbons (Fsp3) is 0.167. The summed E-state index contributed by atoms with van der Waals surface area (Å²) >= 11 is 6.03. The summed E-state index contributed by atoms with van der Waals surface area (Å²) < 4.78 is 0.155. The van der Waals surface area contributed by atoms with Crippen LogP contribution in [0.3, 0.4) is 0 Å². The maximum absolute atomic E-state index is 8.10. The summed E-state index contributed by atoms with van der Waals surface area (Å²) in [4.78, 5) is 13.2. The minimum absolute atomic E-state index is 0. The van der Waals surface area contributed by atoms with Crippen molar-refractivity contribution in [1.29, 1.82) is 0 Å². The van der Waals surface area contributed by atoms with E-state index in [1.54, 1.807) is 0 Å². The molecule has 2 heterocycles. The molecule has 7 heteroatoms. The summed E-state index contributed by atoms with van der Waals surface area (Å²) in [6.45, 7) is 10.1. The lowest BCUT2D eigenvalue weighted by molar-refractivity contribution is 0.664. The smallest absolute Gasteiger partial charge is 0.0817 e. The minimum Gasteiger partial charge on any atom is -0.281 e. The van der Waals surface area contributed by atoms with Gasteiger partial charge >= 0.3 is 0 Å². The number of aliphatic imine (C=N–C) groups is 2. The molecule has 2 aliphatic heterocycles. The third kappa shape index (κ3) is 17.4. The average Bonchev–Trinajstić information content (AvgIpc) is 4.16. The van der Waals surface area contributed by atoms with Crippen molar-refractivity contribution < 1.29 is 0 Å². The van der Waals surface area contributed by atoms with Crippen LogP contribution in [0.5, 0.6) is 0 Å². The standard InChI is InChI=1S/C16H18S.C8H7N3.2C8H7N.C6H6S.2CH4/c1-3-16(2,14-10-6-4-7-11-14)17-15-12-8-5-9-13-15;1-7(10-11-9)8-5-3-2-4-6-8;2*1-2-4-7(5-3-1)8-6-9-8;7-6-4-2-1-3-5-6;;/h4-13H,3H2,1-2H3;2-6H,1H2;2*1-5H,6H2;1-5,7H;2*1H4. The van der Waals surface area contributed by atoms with E-state index in [2.05, 4.69) is 138 Å². The number of thioether (sulfide) groups is 1. The van der Waals surface area contributed by atoms with E-state index in [9.17, 15) is 0 Å². The zero-order valence-corrected chi connectivity index (χ0v) is 32.0. The van der Waals surface area contributed by atoms with Gasteiger partial charge in [-0.3, -0.25) is 9.98 Å². The number of hydrogen-bond donors (Lipinski definition) is 1. The molecule has 6 aromatic rings. The van der Waals surface area contributed by atoms with E-state index >= 15 is 0 Å². The van der Waals surface area contributed by atoms with Gasteiger partial charge in [-0.25, -0.2) is 0 Å². The molecule has 6 aromatic carbocycles. The van der Waals surface area contributed by atoms with Crippen molar-refractivity contribution in [2.75, 3.05) is 13.1 Å². The predicted molar refractivity (Wildman–Crippen MR) is 244 cm³/mol. The molecule has 0 aromatic heterocycles. The van der Waals surface area contributed by atoms with E-state index in [4.69, 9.17) is 5.53 Å². The van der Waals surface area contributed by atoms with Crippen LogP contribution in [-0.2, 0) is 4.75 Å². The molecule has 0 radical (unpaired) electrons. The Hall–Kier alpha value is -5.59. The Morgan fingerprint density at radius 3 is 1.36 bits per heavy atom. The molecule has 282 valence electrons. The molecule has 0 saturated carbocycles. The van der Waals surface area contributed by atoms with Crippen molar-refractivity contribution in [2.45, 2.75) is 49.7 Å². The number of hydrogen-bond acceptors (Lipinski definition) is 5. The van der Waals surface area contributed by atoms with Crippen LogP contribution in [0.1, 0.15) is 57.4 Å². The molecular formula is C48H53N5S2. The predicted octanol–water partition coefficient (Wildman–Crippen LogP) is 14.3. The van der Waals surface area contributed by atoms with Crippen LogP contribution < -0.4 is 0 Å².